The lowest BCUT2D eigenvalue weighted by Crippen LogP contribution is -2.47. The average molecular weight is 486 g/mol. The van der Waals surface area contributed by atoms with E-state index in [1.165, 1.54) is 18.3 Å². The summed E-state index contributed by atoms with van der Waals surface area (Å²) < 4.78 is 68.5. The lowest BCUT2D eigenvalue weighted by Gasteiger charge is -2.29. The number of nitriles is 2. The molecule has 0 unspecified atom stereocenters. The zero-order chi connectivity index (χ0) is 24.3. The van der Waals surface area contributed by atoms with Crippen LogP contribution in [0.4, 0.5) is 13.2 Å². The van der Waals surface area contributed by atoms with Gasteiger partial charge in [-0.2, -0.15) is 28.4 Å². The van der Waals surface area contributed by atoms with Gasteiger partial charge < -0.3 is 4.57 Å². The summed E-state index contributed by atoms with van der Waals surface area (Å²) in [7, 11) is -4.46. The Hall–Kier alpha value is -3.48. The van der Waals surface area contributed by atoms with E-state index in [-0.39, 0.29) is 30.1 Å². The summed E-state index contributed by atoms with van der Waals surface area (Å²) in [6, 6.07) is 8.34. The largest absolute Gasteiger partial charge is 0.407 e. The number of nitrogens with one attached hydrogen (secondary N) is 1. The minimum atomic E-state index is -4.69. The summed E-state index contributed by atoms with van der Waals surface area (Å²) in [5.74, 6) is 0. The molecule has 1 N–H and O–H groups in total. The Morgan fingerprint density at radius 3 is 2.35 bits per heavy atom. The van der Waals surface area contributed by atoms with Crippen LogP contribution in [-0.4, -0.2) is 34.7 Å². The topological polar surface area (TPSA) is 124 Å². The summed E-state index contributed by atoms with van der Waals surface area (Å²) in [6.45, 7) is 0. The molecule has 0 aromatic carbocycles. The van der Waals surface area contributed by atoms with Crippen molar-refractivity contribution in [2.24, 2.45) is 0 Å². The highest BCUT2D eigenvalue weighted by molar-refractivity contribution is 7.89. The van der Waals surface area contributed by atoms with Crippen LogP contribution in [0.5, 0.6) is 0 Å². The fourth-order valence-corrected chi connectivity index (χ4v) is 5.57. The molecule has 3 aromatic heterocycles. The number of sulfonamides is 1. The Labute approximate surface area is 192 Å². The number of halogens is 3. The molecule has 0 radical (unpaired) electrons. The van der Waals surface area contributed by atoms with Gasteiger partial charge in [0.15, 0.2) is 0 Å². The second kappa shape index (κ2) is 7.52. The van der Waals surface area contributed by atoms with Crippen molar-refractivity contribution < 1.29 is 21.6 Å². The van der Waals surface area contributed by atoms with Crippen molar-refractivity contribution in [1.29, 1.82) is 10.5 Å². The van der Waals surface area contributed by atoms with Crippen molar-refractivity contribution in [2.45, 2.75) is 54.8 Å². The second-order valence-electron chi connectivity index (χ2n) is 8.56. The molecule has 0 spiro atoms. The maximum absolute atomic E-state index is 13.2. The number of hydrogen-bond acceptors (Lipinski definition) is 6. The van der Waals surface area contributed by atoms with E-state index >= 15 is 0 Å². The van der Waals surface area contributed by atoms with Crippen molar-refractivity contribution in [3.63, 3.8) is 0 Å². The van der Waals surface area contributed by atoms with Crippen LogP contribution in [0.2, 0.25) is 0 Å². The van der Waals surface area contributed by atoms with Gasteiger partial charge in [-0.1, -0.05) is 0 Å². The molecule has 0 amide bonds. The van der Waals surface area contributed by atoms with Crippen molar-refractivity contribution in [1.82, 2.24) is 19.3 Å². The van der Waals surface area contributed by atoms with Crippen molar-refractivity contribution in [3.8, 4) is 23.5 Å². The quantitative estimate of drug-likeness (QED) is 0.583. The molecule has 0 atom stereocenters. The van der Waals surface area contributed by atoms with E-state index in [1.54, 1.807) is 10.8 Å². The number of nitrogens with zero attached hydrogens (tertiary/aromatic N) is 5. The van der Waals surface area contributed by atoms with Gasteiger partial charge in [0, 0.05) is 23.8 Å². The van der Waals surface area contributed by atoms with Crippen LogP contribution < -0.4 is 4.72 Å². The number of fused-ring (bicyclic) bond motifs is 1. The second-order valence-corrected chi connectivity index (χ2v) is 10.2. The van der Waals surface area contributed by atoms with Gasteiger partial charge in [0.05, 0.1) is 22.5 Å². The number of alkyl halides is 3. The lowest BCUT2D eigenvalue weighted by atomic mass is 9.92. The Morgan fingerprint density at radius 1 is 1.12 bits per heavy atom. The zero-order valence-electron chi connectivity index (χ0n) is 17.6. The van der Waals surface area contributed by atoms with Gasteiger partial charge in [0.25, 0.3) is 0 Å². The standard InChI is InChI=1S/C22H17F3N6O2S/c23-22(24,25)21(6-7-21)30-34(32,33)15-4-5-18(28-12-15)19-17(10-27)16-8-13(9-26)11-29-20(16)31(19)14-2-1-3-14/h4-5,8,11-12,14,30H,1-3,6-7H2. The third-order valence-electron chi connectivity index (χ3n) is 6.43. The van der Waals surface area contributed by atoms with Crippen LogP contribution in [0.1, 0.15) is 49.3 Å². The molecule has 5 rings (SSSR count). The number of hydrogen-bond donors (Lipinski definition) is 1. The Bertz CT molecular complexity index is 1490. The molecule has 0 bridgehead atoms. The molecule has 8 nitrogen and oxygen atoms in total. The Morgan fingerprint density at radius 2 is 1.85 bits per heavy atom. The first-order valence-electron chi connectivity index (χ1n) is 10.5. The third kappa shape index (κ3) is 3.42. The van der Waals surface area contributed by atoms with Crippen LogP contribution in [0, 0.1) is 22.7 Å². The van der Waals surface area contributed by atoms with Crippen LogP contribution >= 0.6 is 0 Å². The van der Waals surface area contributed by atoms with Gasteiger partial charge >= 0.3 is 6.18 Å². The fraction of sp³-hybridized carbons (Fsp3) is 0.364. The maximum atomic E-state index is 13.2. The van der Waals surface area contributed by atoms with Gasteiger partial charge in [-0.05, 0) is 50.3 Å². The van der Waals surface area contributed by atoms with Crippen LogP contribution in [0.25, 0.3) is 22.4 Å². The summed E-state index contributed by atoms with van der Waals surface area (Å²) in [4.78, 5) is 8.19. The molecule has 174 valence electrons. The first-order valence-corrected chi connectivity index (χ1v) is 12.0. The maximum Gasteiger partial charge on any atom is 0.407 e. The molecular weight excluding hydrogens is 469 g/mol. The van der Waals surface area contributed by atoms with Gasteiger partial charge in [-0.15, -0.1) is 0 Å². The molecule has 2 fully saturated rings. The molecular formula is C22H17F3N6O2S. The summed E-state index contributed by atoms with van der Waals surface area (Å²) in [5, 5.41) is 19.6. The molecule has 0 aliphatic heterocycles. The van der Waals surface area contributed by atoms with Gasteiger partial charge in [0.1, 0.15) is 28.2 Å². The number of pyridine rings is 2. The molecule has 3 aromatic rings. The monoisotopic (exact) mass is 486 g/mol. The third-order valence-corrected chi connectivity index (χ3v) is 7.96. The highest BCUT2D eigenvalue weighted by Crippen LogP contribution is 2.49. The van der Waals surface area contributed by atoms with Crippen LogP contribution in [0.15, 0.2) is 35.5 Å². The molecule has 2 aliphatic carbocycles. The van der Waals surface area contributed by atoms with E-state index in [0.29, 0.717) is 22.3 Å². The van der Waals surface area contributed by atoms with Crippen molar-refractivity contribution >= 4 is 21.1 Å². The molecule has 12 heteroatoms. The number of rotatable bonds is 5. The van der Waals surface area contributed by atoms with E-state index in [0.717, 1.165) is 25.5 Å². The van der Waals surface area contributed by atoms with E-state index in [1.807, 2.05) is 10.6 Å². The SMILES string of the molecule is N#Cc1cnc2c(c1)c(C#N)c(-c1ccc(S(=O)(=O)NC3(C(F)(F)F)CC3)cn1)n2C1CCC1. The normalized spacial score (nSPS) is 17.7. The predicted molar refractivity (Wildman–Crippen MR) is 114 cm³/mol. The number of aromatic nitrogens is 3. The summed E-state index contributed by atoms with van der Waals surface area (Å²) >= 11 is 0. The molecule has 34 heavy (non-hydrogen) atoms. The van der Waals surface area contributed by atoms with E-state index in [4.69, 9.17) is 0 Å². The van der Waals surface area contributed by atoms with Gasteiger partial charge in [0.2, 0.25) is 10.0 Å². The first kappa shape index (κ1) is 22.3. The minimum Gasteiger partial charge on any atom is -0.320 e. The minimum absolute atomic E-state index is 0.0634. The molecule has 2 aliphatic rings. The van der Waals surface area contributed by atoms with Crippen molar-refractivity contribution in [3.05, 3.63) is 41.7 Å². The van der Waals surface area contributed by atoms with Gasteiger partial charge in [-0.3, -0.25) is 4.98 Å². The van der Waals surface area contributed by atoms with Crippen LogP contribution in [-0.2, 0) is 10.0 Å². The fourth-order valence-electron chi connectivity index (χ4n) is 4.18. The molecule has 0 saturated heterocycles. The van der Waals surface area contributed by atoms with E-state index in [2.05, 4.69) is 16.0 Å². The Balaban J connectivity index is 1.59. The smallest absolute Gasteiger partial charge is 0.320 e. The Kier molecular flexibility index (Phi) is 4.93. The van der Waals surface area contributed by atoms with Crippen molar-refractivity contribution in [2.75, 3.05) is 0 Å². The zero-order valence-corrected chi connectivity index (χ0v) is 18.4. The van der Waals surface area contributed by atoms with E-state index < -0.39 is 26.6 Å². The summed E-state index contributed by atoms with van der Waals surface area (Å²) in [5.41, 5.74) is -0.635. The van der Waals surface area contributed by atoms with E-state index in [9.17, 15) is 32.1 Å². The van der Waals surface area contributed by atoms with Gasteiger partial charge in [-0.25, -0.2) is 13.4 Å². The molecule has 2 saturated carbocycles. The average Bonchev–Trinajstić information content (AvgIpc) is 3.48. The summed E-state index contributed by atoms with van der Waals surface area (Å²) in [6.07, 6.45) is -0.183. The predicted octanol–water partition coefficient (Wildman–Crippen LogP) is 3.94. The highest BCUT2D eigenvalue weighted by Gasteiger charge is 2.65. The highest BCUT2D eigenvalue weighted by atomic mass is 32.2. The first-order chi connectivity index (χ1) is 16.1. The van der Waals surface area contributed by atoms with Crippen LogP contribution in [0.3, 0.4) is 0 Å². The molecule has 3 heterocycles. The lowest BCUT2D eigenvalue weighted by molar-refractivity contribution is -0.160.